The van der Waals surface area contributed by atoms with Crippen LogP contribution >= 0.6 is 0 Å². The van der Waals surface area contributed by atoms with Crippen molar-refractivity contribution in [2.75, 3.05) is 19.6 Å². The fourth-order valence-electron chi connectivity index (χ4n) is 5.15. The third kappa shape index (κ3) is 4.09. The Hall–Kier alpha value is -3.28. The average molecular weight is 432 g/mol. The lowest BCUT2D eigenvalue weighted by Crippen LogP contribution is -2.56. The predicted molar refractivity (Wildman–Crippen MR) is 121 cm³/mol. The first kappa shape index (κ1) is 20.6. The second-order valence-electron chi connectivity index (χ2n) is 8.79. The first-order valence-electron chi connectivity index (χ1n) is 11.3. The largest absolute Gasteiger partial charge is 0.342 e. The van der Waals surface area contributed by atoms with Gasteiger partial charge in [-0.3, -0.25) is 9.59 Å². The number of halogens is 1. The number of hydrogen-bond acceptors (Lipinski definition) is 3. The predicted octanol–water partition coefficient (Wildman–Crippen LogP) is 4.07. The number of hydrogen-bond donors (Lipinski definition) is 0. The molecule has 3 aromatic rings. The standard InChI is InChI=1S/C26H26FN3O2/c27-21-8-3-5-18(15-21)16-25(31)29-14-12-24-20(17-29)7-4-13-30(24)26(32)23-11-10-19-6-1-2-9-22(19)28-23/h1-3,5-6,8-11,15,20,24H,4,7,12-14,16-17H2/t20-,24+/m1/s1. The van der Waals surface area contributed by atoms with Gasteiger partial charge < -0.3 is 9.80 Å². The Kier molecular flexibility index (Phi) is 5.60. The van der Waals surface area contributed by atoms with E-state index < -0.39 is 0 Å². The Morgan fingerprint density at radius 3 is 2.75 bits per heavy atom. The molecular formula is C26H26FN3O2. The minimum absolute atomic E-state index is 0.0219. The molecule has 5 rings (SSSR count). The van der Waals surface area contributed by atoms with Crippen LogP contribution in [0.3, 0.4) is 0 Å². The quantitative estimate of drug-likeness (QED) is 0.628. The van der Waals surface area contributed by atoms with Gasteiger partial charge in [0, 0.05) is 31.1 Å². The van der Waals surface area contributed by atoms with Gasteiger partial charge >= 0.3 is 0 Å². The van der Waals surface area contributed by atoms with Gasteiger partial charge in [-0.2, -0.15) is 0 Å². The van der Waals surface area contributed by atoms with Crippen molar-refractivity contribution in [2.24, 2.45) is 5.92 Å². The molecule has 0 unspecified atom stereocenters. The number of benzene rings is 2. The zero-order valence-corrected chi connectivity index (χ0v) is 17.9. The Bertz CT molecular complexity index is 1160. The van der Waals surface area contributed by atoms with Gasteiger partial charge in [-0.25, -0.2) is 9.37 Å². The van der Waals surface area contributed by atoms with Crippen molar-refractivity contribution in [1.29, 1.82) is 0 Å². The molecular weight excluding hydrogens is 405 g/mol. The lowest BCUT2D eigenvalue weighted by Gasteiger charge is -2.47. The molecule has 2 aliphatic rings. The summed E-state index contributed by atoms with van der Waals surface area (Å²) in [7, 11) is 0. The fourth-order valence-corrected chi connectivity index (χ4v) is 5.15. The molecule has 2 aliphatic heterocycles. The number of likely N-dealkylation sites (tertiary alicyclic amines) is 2. The third-order valence-electron chi connectivity index (χ3n) is 6.74. The topological polar surface area (TPSA) is 53.5 Å². The molecule has 5 nitrogen and oxygen atoms in total. The number of fused-ring (bicyclic) bond motifs is 2. The second-order valence-corrected chi connectivity index (χ2v) is 8.79. The van der Waals surface area contributed by atoms with Crippen LogP contribution in [-0.2, 0) is 11.2 Å². The van der Waals surface area contributed by atoms with E-state index in [1.165, 1.54) is 12.1 Å². The molecule has 3 heterocycles. The van der Waals surface area contributed by atoms with Crippen LogP contribution in [-0.4, -0.2) is 52.3 Å². The normalized spacial score (nSPS) is 20.8. The van der Waals surface area contributed by atoms with E-state index in [1.807, 2.05) is 46.2 Å². The molecule has 1 aromatic heterocycles. The summed E-state index contributed by atoms with van der Waals surface area (Å²) in [5.74, 6) is -0.0604. The Balaban J connectivity index is 1.28. The number of carbonyl (C=O) groups is 2. The van der Waals surface area contributed by atoms with Gasteiger partial charge in [-0.15, -0.1) is 0 Å². The van der Waals surface area contributed by atoms with Crippen LogP contribution in [0.15, 0.2) is 60.7 Å². The van der Waals surface area contributed by atoms with Crippen LogP contribution in [0, 0.1) is 11.7 Å². The average Bonchev–Trinajstić information content (AvgIpc) is 2.82. The van der Waals surface area contributed by atoms with Crippen molar-refractivity contribution < 1.29 is 14.0 Å². The summed E-state index contributed by atoms with van der Waals surface area (Å²) in [6.45, 7) is 1.99. The zero-order valence-electron chi connectivity index (χ0n) is 17.9. The van der Waals surface area contributed by atoms with Crippen LogP contribution in [0.2, 0.25) is 0 Å². The summed E-state index contributed by atoms with van der Waals surface area (Å²) in [5.41, 5.74) is 2.00. The maximum atomic E-state index is 13.5. The summed E-state index contributed by atoms with van der Waals surface area (Å²) in [6.07, 6.45) is 2.90. The van der Waals surface area contributed by atoms with Gasteiger partial charge in [0.1, 0.15) is 11.5 Å². The number of pyridine rings is 1. The monoisotopic (exact) mass is 431 g/mol. The number of piperidine rings is 2. The number of amides is 2. The van der Waals surface area contributed by atoms with Crippen LogP contribution in [0.4, 0.5) is 4.39 Å². The maximum absolute atomic E-state index is 13.5. The van der Waals surface area contributed by atoms with Crippen molar-refractivity contribution in [3.05, 3.63) is 77.7 Å². The van der Waals surface area contributed by atoms with E-state index in [4.69, 9.17) is 0 Å². The molecule has 164 valence electrons. The van der Waals surface area contributed by atoms with Gasteiger partial charge in [0.05, 0.1) is 11.9 Å². The molecule has 0 radical (unpaired) electrons. The molecule has 0 aliphatic carbocycles. The number of carbonyl (C=O) groups excluding carboxylic acids is 2. The molecule has 0 saturated carbocycles. The number of aromatic nitrogens is 1. The van der Waals surface area contributed by atoms with E-state index in [0.29, 0.717) is 24.3 Å². The highest BCUT2D eigenvalue weighted by atomic mass is 19.1. The molecule has 2 amide bonds. The minimum Gasteiger partial charge on any atom is -0.342 e. The van der Waals surface area contributed by atoms with E-state index in [-0.39, 0.29) is 36.0 Å². The highest BCUT2D eigenvalue weighted by Gasteiger charge is 2.39. The molecule has 2 fully saturated rings. The van der Waals surface area contributed by atoms with E-state index in [2.05, 4.69) is 4.98 Å². The molecule has 0 bridgehead atoms. The molecule has 2 aromatic carbocycles. The van der Waals surface area contributed by atoms with E-state index >= 15 is 0 Å². The first-order valence-corrected chi connectivity index (χ1v) is 11.3. The Morgan fingerprint density at radius 2 is 1.88 bits per heavy atom. The summed E-state index contributed by atoms with van der Waals surface area (Å²) >= 11 is 0. The maximum Gasteiger partial charge on any atom is 0.272 e. The molecule has 0 N–H and O–H groups in total. The lowest BCUT2D eigenvalue weighted by molar-refractivity contribution is -0.133. The van der Waals surface area contributed by atoms with E-state index in [0.717, 1.165) is 36.7 Å². The van der Waals surface area contributed by atoms with Gasteiger partial charge in [-0.05, 0) is 55.0 Å². The van der Waals surface area contributed by atoms with Gasteiger partial charge in [0.15, 0.2) is 0 Å². The summed E-state index contributed by atoms with van der Waals surface area (Å²) in [6, 6.07) is 17.9. The summed E-state index contributed by atoms with van der Waals surface area (Å²) in [5, 5.41) is 1.02. The Labute approximate surface area is 186 Å². The van der Waals surface area contributed by atoms with Crippen molar-refractivity contribution in [3.8, 4) is 0 Å². The van der Waals surface area contributed by atoms with E-state index in [9.17, 15) is 14.0 Å². The van der Waals surface area contributed by atoms with Crippen LogP contribution in [0.1, 0.15) is 35.3 Å². The minimum atomic E-state index is -0.322. The van der Waals surface area contributed by atoms with Crippen LogP contribution in [0.5, 0.6) is 0 Å². The van der Waals surface area contributed by atoms with Gasteiger partial charge in [0.2, 0.25) is 5.91 Å². The fraction of sp³-hybridized carbons (Fsp3) is 0.346. The van der Waals surface area contributed by atoms with Crippen LogP contribution in [0.25, 0.3) is 10.9 Å². The molecule has 2 saturated heterocycles. The summed E-state index contributed by atoms with van der Waals surface area (Å²) in [4.78, 5) is 34.6. The van der Waals surface area contributed by atoms with Gasteiger partial charge in [0.25, 0.3) is 5.91 Å². The summed E-state index contributed by atoms with van der Waals surface area (Å²) < 4.78 is 13.5. The molecule has 32 heavy (non-hydrogen) atoms. The lowest BCUT2D eigenvalue weighted by atomic mass is 9.83. The van der Waals surface area contributed by atoms with Crippen molar-refractivity contribution in [3.63, 3.8) is 0 Å². The first-order chi connectivity index (χ1) is 15.6. The second kappa shape index (κ2) is 8.69. The number of rotatable bonds is 3. The van der Waals surface area contributed by atoms with Crippen LogP contribution < -0.4 is 0 Å². The number of para-hydroxylation sites is 1. The Morgan fingerprint density at radius 1 is 1.00 bits per heavy atom. The SMILES string of the molecule is O=C(Cc1cccc(F)c1)N1CC[C@H]2[C@H](CCCN2C(=O)c2ccc3ccccc3n2)C1. The van der Waals surface area contributed by atoms with Gasteiger partial charge in [-0.1, -0.05) is 36.4 Å². The molecule has 0 spiro atoms. The van der Waals surface area contributed by atoms with E-state index in [1.54, 1.807) is 12.1 Å². The molecule has 2 atom stereocenters. The highest BCUT2D eigenvalue weighted by Crippen LogP contribution is 2.32. The zero-order chi connectivity index (χ0) is 22.1. The number of nitrogens with zero attached hydrogens (tertiary/aromatic N) is 3. The third-order valence-corrected chi connectivity index (χ3v) is 6.74. The van der Waals surface area contributed by atoms with Crippen molar-refractivity contribution in [1.82, 2.24) is 14.8 Å². The van der Waals surface area contributed by atoms with Crippen molar-refractivity contribution >= 4 is 22.7 Å². The smallest absolute Gasteiger partial charge is 0.272 e. The molecule has 6 heteroatoms. The highest BCUT2D eigenvalue weighted by molar-refractivity contribution is 5.95. The van der Waals surface area contributed by atoms with Crippen molar-refractivity contribution in [2.45, 2.75) is 31.7 Å².